The molecule has 0 radical (unpaired) electrons. The van der Waals surface area contributed by atoms with Crippen molar-refractivity contribution >= 4 is 23.7 Å². The van der Waals surface area contributed by atoms with Crippen LogP contribution in [0.1, 0.15) is 64.6 Å². The molecule has 0 bridgehead atoms. The van der Waals surface area contributed by atoms with Gasteiger partial charge in [-0.3, -0.25) is 19.6 Å². The van der Waals surface area contributed by atoms with Crippen molar-refractivity contribution in [2.24, 2.45) is 0 Å². The molecular formula is C33H40N6O5. The van der Waals surface area contributed by atoms with Crippen LogP contribution in [0.5, 0.6) is 5.88 Å². The molecular weight excluding hydrogens is 560 g/mol. The standard InChI is InChI=1S/C33H40N6O5/c1-24-5-2-3-16-39(24)23-25-7-9-26(10-8-25)31(40)36-29-13-14-30(35-22-29)44-33(43)38-19-17-37(18-20-38)15-4-6-28-12-11-27(21-34-28)32(41)42/h7-14,21-22,24H,2-6,15-20,23H2,1H3,(H,36,40)(H,41,42). The summed E-state index contributed by atoms with van der Waals surface area (Å²) in [6, 6.07) is 14.9. The van der Waals surface area contributed by atoms with Gasteiger partial charge in [0.2, 0.25) is 5.88 Å². The summed E-state index contributed by atoms with van der Waals surface area (Å²) in [5.74, 6) is -1.03. The van der Waals surface area contributed by atoms with Gasteiger partial charge in [-0.2, -0.15) is 0 Å². The zero-order valence-corrected chi connectivity index (χ0v) is 25.2. The van der Waals surface area contributed by atoms with Crippen LogP contribution in [0.25, 0.3) is 0 Å². The van der Waals surface area contributed by atoms with Crippen molar-refractivity contribution in [3.8, 4) is 5.88 Å². The lowest BCUT2D eigenvalue weighted by atomic mass is 10.0. The van der Waals surface area contributed by atoms with E-state index in [0.717, 1.165) is 51.3 Å². The smallest absolute Gasteiger partial charge is 0.416 e. The molecule has 2 saturated heterocycles. The monoisotopic (exact) mass is 600 g/mol. The largest absolute Gasteiger partial charge is 0.478 e. The van der Waals surface area contributed by atoms with Crippen molar-refractivity contribution in [3.05, 3.63) is 83.3 Å². The number of amides is 2. The van der Waals surface area contributed by atoms with Crippen molar-refractivity contribution in [2.45, 2.75) is 51.6 Å². The molecule has 2 N–H and O–H groups in total. The Morgan fingerprint density at radius 3 is 2.34 bits per heavy atom. The van der Waals surface area contributed by atoms with E-state index in [-0.39, 0.29) is 17.4 Å². The van der Waals surface area contributed by atoms with E-state index in [1.807, 2.05) is 24.3 Å². The highest BCUT2D eigenvalue weighted by molar-refractivity contribution is 6.04. The first-order valence-corrected chi connectivity index (χ1v) is 15.3. The van der Waals surface area contributed by atoms with Crippen LogP contribution in [0, 0.1) is 0 Å². The first-order chi connectivity index (χ1) is 21.3. The third-order valence-electron chi connectivity index (χ3n) is 8.34. The van der Waals surface area contributed by atoms with E-state index in [1.54, 1.807) is 29.2 Å². The number of aromatic carboxylic acids is 1. The number of benzene rings is 1. The molecule has 2 amide bonds. The van der Waals surface area contributed by atoms with Crippen LogP contribution in [0.3, 0.4) is 0 Å². The number of aromatic nitrogens is 2. The number of likely N-dealkylation sites (tertiary alicyclic amines) is 1. The first kappa shape index (κ1) is 31.1. The molecule has 0 aliphatic carbocycles. The van der Waals surface area contributed by atoms with Crippen molar-refractivity contribution in [2.75, 3.05) is 44.6 Å². The summed E-state index contributed by atoms with van der Waals surface area (Å²) in [5, 5.41) is 11.8. The lowest BCUT2D eigenvalue weighted by molar-refractivity contribution is 0.0696. The molecule has 2 aliphatic heterocycles. The maximum Gasteiger partial charge on any atom is 0.416 e. The number of nitrogens with zero attached hydrogens (tertiary/aromatic N) is 5. The second kappa shape index (κ2) is 14.9. The predicted molar refractivity (Wildman–Crippen MR) is 166 cm³/mol. The van der Waals surface area contributed by atoms with Gasteiger partial charge in [0, 0.05) is 62.3 Å². The molecule has 1 aromatic carbocycles. The van der Waals surface area contributed by atoms with E-state index in [1.165, 1.54) is 37.2 Å². The van der Waals surface area contributed by atoms with Crippen LogP contribution in [-0.4, -0.2) is 93.1 Å². The number of nitrogens with one attached hydrogen (secondary N) is 1. The van der Waals surface area contributed by atoms with E-state index in [9.17, 15) is 14.4 Å². The summed E-state index contributed by atoms with van der Waals surface area (Å²) in [6.07, 6.45) is 7.84. The van der Waals surface area contributed by atoms with Gasteiger partial charge in [-0.15, -0.1) is 0 Å². The number of aryl methyl sites for hydroxylation is 1. The van der Waals surface area contributed by atoms with Crippen molar-refractivity contribution in [1.82, 2.24) is 24.7 Å². The zero-order valence-electron chi connectivity index (χ0n) is 25.2. The second-order valence-electron chi connectivity index (χ2n) is 11.5. The third kappa shape index (κ3) is 8.61. The number of piperidine rings is 1. The second-order valence-corrected chi connectivity index (χ2v) is 11.5. The van der Waals surface area contributed by atoms with Crippen molar-refractivity contribution < 1.29 is 24.2 Å². The highest BCUT2D eigenvalue weighted by Gasteiger charge is 2.23. The zero-order chi connectivity index (χ0) is 30.9. The Morgan fingerprint density at radius 2 is 1.68 bits per heavy atom. The highest BCUT2D eigenvalue weighted by Crippen LogP contribution is 2.20. The van der Waals surface area contributed by atoms with Gasteiger partial charge in [0.05, 0.1) is 17.4 Å². The minimum Gasteiger partial charge on any atom is -0.478 e. The lowest BCUT2D eigenvalue weighted by Crippen LogP contribution is -2.49. The number of carboxylic acids is 1. The maximum absolute atomic E-state index is 12.8. The van der Waals surface area contributed by atoms with Gasteiger partial charge in [0.25, 0.3) is 5.91 Å². The molecule has 232 valence electrons. The minimum absolute atomic E-state index is 0.174. The third-order valence-corrected chi connectivity index (χ3v) is 8.34. The summed E-state index contributed by atoms with van der Waals surface area (Å²) >= 11 is 0. The minimum atomic E-state index is -0.980. The van der Waals surface area contributed by atoms with E-state index >= 15 is 0 Å². The van der Waals surface area contributed by atoms with Crippen LogP contribution in [0.15, 0.2) is 60.9 Å². The number of pyridine rings is 2. The molecule has 2 aromatic heterocycles. The Kier molecular flexibility index (Phi) is 10.5. The normalized spacial score (nSPS) is 17.7. The van der Waals surface area contributed by atoms with Gasteiger partial charge >= 0.3 is 12.1 Å². The van der Waals surface area contributed by atoms with Crippen LogP contribution >= 0.6 is 0 Å². The van der Waals surface area contributed by atoms with E-state index in [0.29, 0.717) is 30.4 Å². The van der Waals surface area contributed by atoms with Gasteiger partial charge in [-0.1, -0.05) is 18.6 Å². The van der Waals surface area contributed by atoms with Crippen molar-refractivity contribution in [1.29, 1.82) is 0 Å². The quantitative estimate of drug-likeness (QED) is 0.344. The lowest BCUT2D eigenvalue weighted by Gasteiger charge is -2.33. The topological polar surface area (TPSA) is 128 Å². The van der Waals surface area contributed by atoms with Crippen LogP contribution in [0.2, 0.25) is 0 Å². The number of carbonyl (C=O) groups is 3. The molecule has 2 aliphatic rings. The summed E-state index contributed by atoms with van der Waals surface area (Å²) in [7, 11) is 0. The summed E-state index contributed by atoms with van der Waals surface area (Å²) in [5.41, 5.74) is 3.33. The van der Waals surface area contributed by atoms with Gasteiger partial charge in [-0.25, -0.2) is 14.6 Å². The van der Waals surface area contributed by atoms with Crippen LogP contribution in [-0.2, 0) is 13.0 Å². The number of carbonyl (C=O) groups excluding carboxylic acids is 2. The Hall–Kier alpha value is -4.35. The Bertz CT molecular complexity index is 1410. The molecule has 0 spiro atoms. The molecule has 11 heteroatoms. The van der Waals surface area contributed by atoms with E-state index in [2.05, 4.69) is 32.0 Å². The molecule has 3 aromatic rings. The average molecular weight is 601 g/mol. The number of carboxylic acid groups (broad SMARTS) is 1. The highest BCUT2D eigenvalue weighted by atomic mass is 16.6. The number of rotatable bonds is 10. The fourth-order valence-electron chi connectivity index (χ4n) is 5.60. The summed E-state index contributed by atoms with van der Waals surface area (Å²) in [4.78, 5) is 51.3. The van der Waals surface area contributed by atoms with Gasteiger partial charge in [0.1, 0.15) is 0 Å². The summed E-state index contributed by atoms with van der Waals surface area (Å²) in [6.45, 7) is 7.72. The fourth-order valence-corrected chi connectivity index (χ4v) is 5.60. The molecule has 5 rings (SSSR count). The maximum atomic E-state index is 12.8. The Balaban J connectivity index is 1.01. The Morgan fingerprint density at radius 1 is 0.909 bits per heavy atom. The number of piperazine rings is 1. The molecule has 2 fully saturated rings. The number of hydrogen-bond donors (Lipinski definition) is 2. The first-order valence-electron chi connectivity index (χ1n) is 15.3. The molecule has 1 atom stereocenters. The molecule has 1 unspecified atom stereocenters. The van der Waals surface area contributed by atoms with Gasteiger partial charge < -0.3 is 20.1 Å². The van der Waals surface area contributed by atoms with Crippen LogP contribution in [0.4, 0.5) is 10.5 Å². The predicted octanol–water partition coefficient (Wildman–Crippen LogP) is 4.55. The fraction of sp³-hybridized carbons (Fsp3) is 0.424. The number of hydrogen-bond acceptors (Lipinski definition) is 8. The van der Waals surface area contributed by atoms with Gasteiger partial charge in [0.15, 0.2) is 0 Å². The molecule has 0 saturated carbocycles. The van der Waals surface area contributed by atoms with Crippen LogP contribution < -0.4 is 10.1 Å². The number of ether oxygens (including phenoxy) is 1. The molecule has 44 heavy (non-hydrogen) atoms. The van der Waals surface area contributed by atoms with E-state index < -0.39 is 12.1 Å². The van der Waals surface area contributed by atoms with E-state index in [4.69, 9.17) is 9.84 Å². The van der Waals surface area contributed by atoms with Gasteiger partial charge in [-0.05, 0) is 81.6 Å². The Labute approximate surface area is 257 Å². The summed E-state index contributed by atoms with van der Waals surface area (Å²) < 4.78 is 5.47. The average Bonchev–Trinajstić information content (AvgIpc) is 3.04. The SMILES string of the molecule is CC1CCCCN1Cc1ccc(C(=O)Nc2ccc(OC(=O)N3CCN(CCCc4ccc(C(=O)O)cn4)CC3)nc2)cc1. The van der Waals surface area contributed by atoms with Crippen molar-refractivity contribution in [3.63, 3.8) is 0 Å². The number of anilines is 1. The molecule has 11 nitrogen and oxygen atoms in total. The molecule has 4 heterocycles.